The number of aryl methyl sites for hydroxylation is 2. The van der Waals surface area contributed by atoms with Gasteiger partial charge in [-0.1, -0.05) is 6.07 Å². The molecule has 0 unspecified atom stereocenters. The van der Waals surface area contributed by atoms with Crippen LogP contribution < -0.4 is 5.32 Å². The molecule has 0 atom stereocenters. The third kappa shape index (κ3) is 2.75. The standard InChI is InChI=1S/C15H13N3O2/c1-10-3-5-13(7-11(10)2)17-14-6-4-12(9-16)15(8-14)18(19)20/h3-8,17H,1-2H3. The molecule has 0 saturated carbocycles. The molecule has 0 heterocycles. The third-order valence-electron chi connectivity index (χ3n) is 3.11. The maximum Gasteiger partial charge on any atom is 0.289 e. The minimum absolute atomic E-state index is 0.0561. The lowest BCUT2D eigenvalue weighted by Gasteiger charge is -2.09. The van der Waals surface area contributed by atoms with Crippen LogP contribution in [0.1, 0.15) is 16.7 Å². The number of anilines is 2. The Balaban J connectivity index is 2.34. The molecule has 1 N–H and O–H groups in total. The number of nitrogens with one attached hydrogen (secondary N) is 1. The molecule has 100 valence electrons. The minimum atomic E-state index is -0.551. The van der Waals surface area contributed by atoms with Crippen molar-refractivity contribution in [3.8, 4) is 6.07 Å². The van der Waals surface area contributed by atoms with Crippen LogP contribution in [0.15, 0.2) is 36.4 Å². The van der Waals surface area contributed by atoms with Crippen molar-refractivity contribution in [3.63, 3.8) is 0 Å². The van der Waals surface area contributed by atoms with Crippen LogP contribution in [-0.2, 0) is 0 Å². The van der Waals surface area contributed by atoms with Gasteiger partial charge in [0.15, 0.2) is 0 Å². The number of rotatable bonds is 3. The molecule has 0 spiro atoms. The minimum Gasteiger partial charge on any atom is -0.355 e. The first kappa shape index (κ1) is 13.6. The molecule has 2 rings (SSSR count). The summed E-state index contributed by atoms with van der Waals surface area (Å²) in [6.07, 6.45) is 0. The van der Waals surface area contributed by atoms with Crippen molar-refractivity contribution in [2.45, 2.75) is 13.8 Å². The van der Waals surface area contributed by atoms with Gasteiger partial charge in [0.25, 0.3) is 5.69 Å². The summed E-state index contributed by atoms with van der Waals surface area (Å²) in [4.78, 5) is 10.4. The van der Waals surface area contributed by atoms with Gasteiger partial charge in [-0.15, -0.1) is 0 Å². The molecule has 2 aromatic rings. The van der Waals surface area contributed by atoms with Gasteiger partial charge >= 0.3 is 0 Å². The summed E-state index contributed by atoms with van der Waals surface area (Å²) in [5.41, 5.74) is 3.62. The lowest BCUT2D eigenvalue weighted by Crippen LogP contribution is -1.96. The molecule has 5 nitrogen and oxygen atoms in total. The molecule has 0 aliphatic carbocycles. The van der Waals surface area contributed by atoms with Gasteiger partial charge in [0.2, 0.25) is 0 Å². The van der Waals surface area contributed by atoms with Gasteiger partial charge < -0.3 is 5.32 Å². The van der Waals surface area contributed by atoms with Crippen LogP contribution in [0.2, 0.25) is 0 Å². The van der Waals surface area contributed by atoms with Gasteiger partial charge in [-0.25, -0.2) is 0 Å². The van der Waals surface area contributed by atoms with Gasteiger partial charge in [-0.05, 0) is 49.2 Å². The first-order valence-corrected chi connectivity index (χ1v) is 6.04. The Morgan fingerprint density at radius 2 is 1.75 bits per heavy atom. The van der Waals surface area contributed by atoms with Gasteiger partial charge in [-0.2, -0.15) is 5.26 Å². The summed E-state index contributed by atoms with van der Waals surface area (Å²) < 4.78 is 0. The number of nitro groups is 1. The van der Waals surface area contributed by atoms with E-state index in [1.807, 2.05) is 38.1 Å². The maximum atomic E-state index is 10.9. The van der Waals surface area contributed by atoms with Crippen LogP contribution in [0.25, 0.3) is 0 Å². The van der Waals surface area contributed by atoms with Crippen molar-refractivity contribution >= 4 is 17.1 Å². The van der Waals surface area contributed by atoms with Crippen LogP contribution in [0.4, 0.5) is 17.1 Å². The van der Waals surface area contributed by atoms with E-state index in [9.17, 15) is 10.1 Å². The van der Waals surface area contributed by atoms with Crippen molar-refractivity contribution in [2.75, 3.05) is 5.32 Å². The molecular weight excluding hydrogens is 254 g/mol. The normalized spacial score (nSPS) is 9.85. The van der Waals surface area contributed by atoms with Crippen LogP contribution in [-0.4, -0.2) is 4.92 Å². The molecule has 0 aliphatic rings. The fraction of sp³-hybridized carbons (Fsp3) is 0.133. The second kappa shape index (κ2) is 5.41. The van der Waals surface area contributed by atoms with E-state index in [2.05, 4.69) is 5.32 Å². The zero-order valence-electron chi connectivity index (χ0n) is 11.2. The van der Waals surface area contributed by atoms with Gasteiger partial charge in [0.05, 0.1) is 4.92 Å². The summed E-state index contributed by atoms with van der Waals surface area (Å²) in [6, 6.07) is 12.1. The van der Waals surface area contributed by atoms with Crippen LogP contribution in [0.3, 0.4) is 0 Å². The summed E-state index contributed by atoms with van der Waals surface area (Å²) >= 11 is 0. The van der Waals surface area contributed by atoms with Crippen LogP contribution in [0, 0.1) is 35.3 Å². The number of nitrogens with zero attached hydrogens (tertiary/aromatic N) is 2. The zero-order chi connectivity index (χ0) is 14.7. The average molecular weight is 267 g/mol. The van der Waals surface area contributed by atoms with Gasteiger partial charge in [0, 0.05) is 17.4 Å². The Morgan fingerprint density at radius 3 is 2.35 bits per heavy atom. The third-order valence-corrected chi connectivity index (χ3v) is 3.11. The fourth-order valence-electron chi connectivity index (χ4n) is 1.84. The fourth-order valence-corrected chi connectivity index (χ4v) is 1.84. The summed E-state index contributed by atoms with van der Waals surface area (Å²) in [5, 5.41) is 22.9. The first-order chi connectivity index (χ1) is 9.51. The number of benzene rings is 2. The highest BCUT2D eigenvalue weighted by molar-refractivity contribution is 5.66. The Bertz CT molecular complexity index is 718. The number of nitro benzene ring substituents is 1. The Labute approximate surface area is 116 Å². The van der Waals surface area contributed by atoms with E-state index in [0.29, 0.717) is 5.69 Å². The highest BCUT2D eigenvalue weighted by atomic mass is 16.6. The summed E-state index contributed by atoms with van der Waals surface area (Å²) in [5.74, 6) is 0. The van der Waals surface area contributed by atoms with E-state index in [1.165, 1.54) is 17.7 Å². The Kier molecular flexibility index (Phi) is 3.67. The Hall–Kier alpha value is -2.87. The number of hydrogen-bond acceptors (Lipinski definition) is 4. The van der Waals surface area contributed by atoms with Crippen molar-refractivity contribution in [1.82, 2.24) is 0 Å². The molecule has 0 aromatic heterocycles. The molecule has 5 heteroatoms. The van der Waals surface area contributed by atoms with Crippen molar-refractivity contribution in [1.29, 1.82) is 5.26 Å². The summed E-state index contributed by atoms with van der Waals surface area (Å²) in [7, 11) is 0. The van der Waals surface area contributed by atoms with Crippen molar-refractivity contribution in [2.24, 2.45) is 0 Å². The predicted octanol–water partition coefficient (Wildman–Crippen LogP) is 3.83. The van der Waals surface area contributed by atoms with E-state index in [0.717, 1.165) is 11.3 Å². The molecule has 20 heavy (non-hydrogen) atoms. The second-order valence-electron chi connectivity index (χ2n) is 4.52. The number of nitriles is 1. The van der Waals surface area contributed by atoms with Gasteiger partial charge in [0.1, 0.15) is 11.6 Å². The lowest BCUT2D eigenvalue weighted by molar-refractivity contribution is -0.385. The van der Waals surface area contributed by atoms with E-state index in [1.54, 1.807) is 6.07 Å². The van der Waals surface area contributed by atoms with E-state index >= 15 is 0 Å². The largest absolute Gasteiger partial charge is 0.355 e. The molecule has 0 radical (unpaired) electrons. The van der Waals surface area contributed by atoms with Crippen LogP contribution in [0.5, 0.6) is 0 Å². The quantitative estimate of drug-likeness (QED) is 0.677. The smallest absolute Gasteiger partial charge is 0.289 e. The average Bonchev–Trinajstić information content (AvgIpc) is 2.43. The molecule has 0 aliphatic heterocycles. The first-order valence-electron chi connectivity index (χ1n) is 6.04. The topological polar surface area (TPSA) is 79.0 Å². The maximum absolute atomic E-state index is 10.9. The number of hydrogen-bond donors (Lipinski definition) is 1. The highest BCUT2D eigenvalue weighted by Gasteiger charge is 2.14. The molecule has 0 bridgehead atoms. The molecular formula is C15H13N3O2. The van der Waals surface area contributed by atoms with E-state index < -0.39 is 4.92 Å². The lowest BCUT2D eigenvalue weighted by atomic mass is 10.1. The van der Waals surface area contributed by atoms with Crippen molar-refractivity contribution in [3.05, 3.63) is 63.2 Å². The van der Waals surface area contributed by atoms with Crippen LogP contribution >= 0.6 is 0 Å². The molecule has 0 saturated heterocycles. The van der Waals surface area contributed by atoms with Crippen molar-refractivity contribution < 1.29 is 4.92 Å². The van der Waals surface area contributed by atoms with E-state index in [-0.39, 0.29) is 11.3 Å². The zero-order valence-corrected chi connectivity index (χ0v) is 11.2. The summed E-state index contributed by atoms with van der Waals surface area (Å²) in [6.45, 7) is 4.02. The highest BCUT2D eigenvalue weighted by Crippen LogP contribution is 2.25. The monoisotopic (exact) mass is 267 g/mol. The second-order valence-corrected chi connectivity index (χ2v) is 4.52. The van der Waals surface area contributed by atoms with E-state index in [4.69, 9.17) is 5.26 Å². The molecule has 2 aromatic carbocycles. The molecule has 0 fully saturated rings. The van der Waals surface area contributed by atoms with Gasteiger partial charge in [-0.3, -0.25) is 10.1 Å². The predicted molar refractivity (Wildman–Crippen MR) is 77.0 cm³/mol. The molecule has 0 amide bonds. The SMILES string of the molecule is Cc1ccc(Nc2ccc(C#N)c([N+](=O)[O-])c2)cc1C. The Morgan fingerprint density at radius 1 is 1.10 bits per heavy atom.